The van der Waals surface area contributed by atoms with Crippen molar-refractivity contribution in [2.75, 3.05) is 31.7 Å². The zero-order valence-corrected chi connectivity index (χ0v) is 19.2. The van der Waals surface area contributed by atoms with E-state index in [2.05, 4.69) is 15.0 Å². The van der Waals surface area contributed by atoms with E-state index in [0.29, 0.717) is 17.8 Å². The van der Waals surface area contributed by atoms with Gasteiger partial charge in [-0.15, -0.1) is 0 Å². The van der Waals surface area contributed by atoms with E-state index in [1.165, 1.54) is 24.5 Å². The number of ether oxygens (including phenoxy) is 1. The Kier molecular flexibility index (Phi) is 7.52. The molecule has 1 unspecified atom stereocenters. The number of anilines is 1. The molecule has 0 amide bonds. The summed E-state index contributed by atoms with van der Waals surface area (Å²) in [6.07, 6.45) is 3.00. The summed E-state index contributed by atoms with van der Waals surface area (Å²) in [5.41, 5.74) is 6.14. The van der Waals surface area contributed by atoms with Gasteiger partial charge in [0.25, 0.3) is 5.56 Å². The van der Waals surface area contributed by atoms with Crippen LogP contribution in [0.4, 0.5) is 10.3 Å². The summed E-state index contributed by atoms with van der Waals surface area (Å²) in [5, 5.41) is 0. The van der Waals surface area contributed by atoms with Gasteiger partial charge in [-0.1, -0.05) is 12.1 Å². The number of fused-ring (bicyclic) bond motifs is 1. The number of benzene rings is 1. The lowest BCUT2D eigenvalue weighted by atomic mass is 10.2. The van der Waals surface area contributed by atoms with Gasteiger partial charge >= 0.3 is 7.60 Å². The first kappa shape index (κ1) is 24.2. The second-order valence-corrected chi connectivity index (χ2v) is 10.1. The van der Waals surface area contributed by atoms with Crippen molar-refractivity contribution in [3.8, 4) is 0 Å². The molecule has 1 aromatic carbocycles. The maximum Gasteiger partial charge on any atom is 0.333 e. The summed E-state index contributed by atoms with van der Waals surface area (Å²) in [4.78, 5) is 34.3. The second kappa shape index (κ2) is 10.6. The molecule has 3 N–H and O–H groups in total. The Bertz CT molecular complexity index is 1270. The number of ketones is 1. The summed E-state index contributed by atoms with van der Waals surface area (Å²) >= 11 is 0. The second-order valence-electron chi connectivity index (χ2n) is 7.93. The van der Waals surface area contributed by atoms with Crippen molar-refractivity contribution in [3.05, 3.63) is 52.3 Å². The van der Waals surface area contributed by atoms with Crippen LogP contribution >= 0.6 is 7.60 Å². The van der Waals surface area contributed by atoms with E-state index < -0.39 is 19.0 Å². The van der Waals surface area contributed by atoms with Gasteiger partial charge < -0.3 is 24.1 Å². The van der Waals surface area contributed by atoms with Gasteiger partial charge in [-0.3, -0.25) is 19.1 Å². The molecular formula is C21H25FN5O6P. The molecule has 3 aromatic rings. The number of imidazole rings is 1. The molecule has 34 heavy (non-hydrogen) atoms. The predicted molar refractivity (Wildman–Crippen MR) is 121 cm³/mol. The molecule has 1 fully saturated rings. The maximum absolute atomic E-state index is 13.4. The van der Waals surface area contributed by atoms with Crippen LogP contribution in [0.2, 0.25) is 0 Å². The van der Waals surface area contributed by atoms with E-state index in [0.717, 1.165) is 12.8 Å². The number of aromatic amines is 1. The van der Waals surface area contributed by atoms with E-state index in [9.17, 15) is 18.5 Å². The Labute approximate surface area is 194 Å². The number of H-pyrrole nitrogens is 1. The Hall–Kier alpha value is -2.92. The highest BCUT2D eigenvalue weighted by Gasteiger charge is 2.33. The Balaban J connectivity index is 1.31. The van der Waals surface area contributed by atoms with E-state index in [-0.39, 0.29) is 55.8 Å². The quantitative estimate of drug-likeness (QED) is 0.270. The minimum atomic E-state index is -3.68. The van der Waals surface area contributed by atoms with Crippen molar-refractivity contribution < 1.29 is 27.5 Å². The van der Waals surface area contributed by atoms with Crippen LogP contribution in [-0.2, 0) is 36.3 Å². The van der Waals surface area contributed by atoms with E-state index in [4.69, 9.17) is 19.5 Å². The number of hydrogen-bond donors (Lipinski definition) is 2. The Morgan fingerprint density at radius 1 is 1.29 bits per heavy atom. The fourth-order valence-corrected chi connectivity index (χ4v) is 4.58. The van der Waals surface area contributed by atoms with Gasteiger partial charge in [-0.25, -0.2) is 9.37 Å². The lowest BCUT2D eigenvalue weighted by molar-refractivity contribution is -0.122. The van der Waals surface area contributed by atoms with Gasteiger partial charge in [0, 0.05) is 12.5 Å². The molecule has 1 aliphatic carbocycles. The number of nitrogen functional groups attached to an aromatic ring is 1. The topological polar surface area (TPSA) is 151 Å². The molecule has 0 saturated heterocycles. The van der Waals surface area contributed by atoms with Crippen LogP contribution in [0.3, 0.4) is 0 Å². The molecule has 1 atom stereocenters. The Morgan fingerprint density at radius 3 is 2.88 bits per heavy atom. The minimum absolute atomic E-state index is 0.0190. The first-order chi connectivity index (χ1) is 16.3. The van der Waals surface area contributed by atoms with Crippen LogP contribution in [0.15, 0.2) is 35.4 Å². The molecule has 2 aromatic heterocycles. The lowest BCUT2D eigenvalue weighted by Crippen LogP contribution is -2.15. The first-order valence-corrected chi connectivity index (χ1v) is 12.5. The SMILES string of the molecule is Nc1nc2c(ncn2CCOCCP(=O)(OCC(=O)C2CC2)OCc2cccc(F)c2)c(=O)[nH]1. The molecule has 0 radical (unpaired) electrons. The largest absolute Gasteiger partial charge is 0.379 e. The average molecular weight is 493 g/mol. The molecule has 0 bridgehead atoms. The molecule has 182 valence electrons. The highest BCUT2D eigenvalue weighted by molar-refractivity contribution is 7.53. The van der Waals surface area contributed by atoms with Gasteiger partial charge in [0.1, 0.15) is 12.4 Å². The third-order valence-electron chi connectivity index (χ3n) is 5.23. The number of nitrogens with one attached hydrogen (secondary N) is 1. The van der Waals surface area contributed by atoms with Crippen molar-refractivity contribution in [3.63, 3.8) is 0 Å². The van der Waals surface area contributed by atoms with Gasteiger partial charge in [-0.05, 0) is 30.5 Å². The predicted octanol–water partition coefficient (Wildman–Crippen LogP) is 2.26. The summed E-state index contributed by atoms with van der Waals surface area (Å²) in [6.45, 7) is 0.122. The highest BCUT2D eigenvalue weighted by Crippen LogP contribution is 2.49. The van der Waals surface area contributed by atoms with Crippen molar-refractivity contribution >= 4 is 30.5 Å². The molecule has 11 nitrogen and oxygen atoms in total. The van der Waals surface area contributed by atoms with Crippen molar-refractivity contribution in [2.24, 2.45) is 5.92 Å². The van der Waals surface area contributed by atoms with Crippen LogP contribution in [-0.4, -0.2) is 51.3 Å². The zero-order valence-electron chi connectivity index (χ0n) is 18.3. The van der Waals surface area contributed by atoms with E-state index in [1.54, 1.807) is 10.6 Å². The molecule has 13 heteroatoms. The summed E-state index contributed by atoms with van der Waals surface area (Å²) < 4.78 is 44.8. The number of aromatic nitrogens is 4. The number of carbonyl (C=O) groups excluding carboxylic acids is 1. The number of halogens is 1. The van der Waals surface area contributed by atoms with Gasteiger partial charge in [0.15, 0.2) is 16.9 Å². The van der Waals surface area contributed by atoms with Crippen molar-refractivity contribution in [2.45, 2.75) is 26.0 Å². The normalized spacial score (nSPS) is 15.4. The van der Waals surface area contributed by atoms with Crippen LogP contribution in [0.5, 0.6) is 0 Å². The monoisotopic (exact) mass is 493 g/mol. The summed E-state index contributed by atoms with van der Waals surface area (Å²) in [7, 11) is -3.68. The maximum atomic E-state index is 13.4. The van der Waals surface area contributed by atoms with Gasteiger partial charge in [0.05, 0.1) is 32.3 Å². The number of nitrogens with two attached hydrogens (primary N) is 1. The third-order valence-corrected chi connectivity index (χ3v) is 7.01. The molecule has 0 aliphatic heterocycles. The molecule has 2 heterocycles. The van der Waals surface area contributed by atoms with Crippen molar-refractivity contribution in [1.82, 2.24) is 19.5 Å². The number of carbonyl (C=O) groups is 1. The Morgan fingerprint density at radius 2 is 2.12 bits per heavy atom. The van der Waals surface area contributed by atoms with Crippen LogP contribution in [0.25, 0.3) is 11.2 Å². The molecule has 1 aliphatic rings. The number of Topliss-reactive ketones (excluding diaryl/α,β-unsaturated/α-hetero) is 1. The fraction of sp³-hybridized carbons (Fsp3) is 0.429. The molecule has 0 spiro atoms. The van der Waals surface area contributed by atoms with Crippen LogP contribution in [0, 0.1) is 11.7 Å². The standard InChI is InChI=1S/C21H25FN5O6P/c22-16-3-1-2-14(10-16)11-32-34(30,33-12-17(28)15-4-5-15)9-8-31-7-6-27-13-24-18-19(27)25-21(23)26-20(18)29/h1-3,10,13,15H,4-9,11-12H2,(H3,23,25,26,29). The van der Waals surface area contributed by atoms with Crippen LogP contribution < -0.4 is 11.3 Å². The minimum Gasteiger partial charge on any atom is -0.379 e. The molecule has 4 rings (SSSR count). The number of nitrogens with zero attached hydrogens (tertiary/aromatic N) is 3. The summed E-state index contributed by atoms with van der Waals surface area (Å²) in [5.74, 6) is -0.596. The van der Waals surface area contributed by atoms with E-state index in [1.807, 2.05) is 0 Å². The van der Waals surface area contributed by atoms with Gasteiger partial charge in [0.2, 0.25) is 5.95 Å². The van der Waals surface area contributed by atoms with E-state index >= 15 is 0 Å². The molecule has 1 saturated carbocycles. The highest BCUT2D eigenvalue weighted by atomic mass is 31.2. The smallest absolute Gasteiger partial charge is 0.333 e. The zero-order chi connectivity index (χ0) is 24.1. The number of hydrogen-bond acceptors (Lipinski definition) is 9. The fourth-order valence-electron chi connectivity index (χ4n) is 3.23. The third kappa shape index (κ3) is 6.35. The number of rotatable bonds is 13. The summed E-state index contributed by atoms with van der Waals surface area (Å²) in [6, 6.07) is 5.74. The molecular weight excluding hydrogens is 468 g/mol. The van der Waals surface area contributed by atoms with Crippen molar-refractivity contribution in [1.29, 1.82) is 0 Å². The lowest BCUT2D eigenvalue weighted by Gasteiger charge is -2.18. The first-order valence-electron chi connectivity index (χ1n) is 10.8. The van der Waals surface area contributed by atoms with Gasteiger partial charge in [-0.2, -0.15) is 4.98 Å². The van der Waals surface area contributed by atoms with Crippen LogP contribution in [0.1, 0.15) is 18.4 Å². The average Bonchev–Trinajstić information content (AvgIpc) is 3.58.